The molecule has 6 nitrogen and oxygen atoms in total. The van der Waals surface area contributed by atoms with E-state index < -0.39 is 0 Å². The van der Waals surface area contributed by atoms with E-state index in [0.29, 0.717) is 24.0 Å². The second-order valence-electron chi connectivity index (χ2n) is 8.22. The van der Waals surface area contributed by atoms with Gasteiger partial charge in [0.2, 0.25) is 0 Å². The summed E-state index contributed by atoms with van der Waals surface area (Å²) in [6.07, 6.45) is 2.90. The first kappa shape index (κ1) is 19.8. The van der Waals surface area contributed by atoms with E-state index in [9.17, 15) is 9.59 Å². The molecule has 0 radical (unpaired) electrons. The molecule has 3 aromatic rings. The minimum absolute atomic E-state index is 0.140. The Bertz CT molecular complexity index is 1170. The van der Waals surface area contributed by atoms with Gasteiger partial charge in [-0.2, -0.15) is 0 Å². The number of rotatable bonds is 5. The molecular formula is C25H25NO5. The highest BCUT2D eigenvalue weighted by molar-refractivity contribution is 6.06. The highest BCUT2D eigenvalue weighted by Crippen LogP contribution is 2.42. The first-order chi connectivity index (χ1) is 15.1. The first-order valence-electron chi connectivity index (χ1n) is 10.7. The van der Waals surface area contributed by atoms with Crippen molar-refractivity contribution >= 4 is 22.8 Å². The summed E-state index contributed by atoms with van der Waals surface area (Å²) in [5.41, 5.74) is 4.65. The Kier molecular flexibility index (Phi) is 5.02. The monoisotopic (exact) mass is 419 g/mol. The Morgan fingerprint density at radius 3 is 2.74 bits per heavy atom. The summed E-state index contributed by atoms with van der Waals surface area (Å²) in [6, 6.07) is 13.9. The van der Waals surface area contributed by atoms with Crippen molar-refractivity contribution in [1.29, 1.82) is 0 Å². The SMILES string of the molecule is COC(=O)c1c(C)n(C2CC2)c2ccc(OC(=O)CC3OCCc4ccccc43)cc12. The molecule has 6 heteroatoms. The number of hydrogen-bond donors (Lipinski definition) is 0. The van der Waals surface area contributed by atoms with E-state index in [4.69, 9.17) is 14.2 Å². The molecule has 0 saturated heterocycles. The van der Waals surface area contributed by atoms with Gasteiger partial charge in [-0.25, -0.2) is 4.79 Å². The molecule has 1 unspecified atom stereocenters. The van der Waals surface area contributed by atoms with Crippen molar-refractivity contribution in [2.45, 2.75) is 44.8 Å². The highest BCUT2D eigenvalue weighted by Gasteiger charge is 2.31. The average Bonchev–Trinajstić information content (AvgIpc) is 3.56. The number of nitrogens with zero attached hydrogens (tertiary/aromatic N) is 1. The molecule has 1 fully saturated rings. The molecule has 0 N–H and O–H groups in total. The minimum Gasteiger partial charge on any atom is -0.465 e. The zero-order valence-corrected chi connectivity index (χ0v) is 17.7. The summed E-state index contributed by atoms with van der Waals surface area (Å²) in [5, 5.41) is 0.751. The van der Waals surface area contributed by atoms with Crippen LogP contribution in [-0.4, -0.2) is 30.2 Å². The molecule has 5 rings (SSSR count). The van der Waals surface area contributed by atoms with Gasteiger partial charge in [0.05, 0.1) is 31.8 Å². The van der Waals surface area contributed by atoms with Crippen molar-refractivity contribution < 1.29 is 23.8 Å². The van der Waals surface area contributed by atoms with Crippen LogP contribution in [0.4, 0.5) is 0 Å². The van der Waals surface area contributed by atoms with Crippen LogP contribution >= 0.6 is 0 Å². The van der Waals surface area contributed by atoms with Crippen molar-refractivity contribution in [1.82, 2.24) is 4.57 Å². The molecule has 0 bridgehead atoms. The predicted octanol–water partition coefficient (Wildman–Crippen LogP) is 4.68. The number of esters is 2. The molecule has 2 aliphatic rings. The van der Waals surface area contributed by atoms with E-state index in [2.05, 4.69) is 10.6 Å². The van der Waals surface area contributed by atoms with Gasteiger partial charge in [0.15, 0.2) is 0 Å². The molecule has 160 valence electrons. The lowest BCUT2D eigenvalue weighted by molar-refractivity contribution is -0.138. The molecule has 0 amide bonds. The van der Waals surface area contributed by atoms with Crippen LogP contribution in [0.15, 0.2) is 42.5 Å². The summed E-state index contributed by atoms with van der Waals surface area (Å²) in [6.45, 7) is 2.53. The number of aromatic nitrogens is 1. The van der Waals surface area contributed by atoms with Gasteiger partial charge >= 0.3 is 11.9 Å². The lowest BCUT2D eigenvalue weighted by atomic mass is 9.96. The third-order valence-corrected chi connectivity index (χ3v) is 6.20. The van der Waals surface area contributed by atoms with Crippen molar-refractivity contribution in [2.75, 3.05) is 13.7 Å². The van der Waals surface area contributed by atoms with Crippen molar-refractivity contribution in [2.24, 2.45) is 0 Å². The minimum atomic E-state index is -0.377. The van der Waals surface area contributed by atoms with E-state index in [1.54, 1.807) is 12.1 Å². The van der Waals surface area contributed by atoms with Crippen LogP contribution in [0.2, 0.25) is 0 Å². The van der Waals surface area contributed by atoms with E-state index >= 15 is 0 Å². The zero-order valence-electron chi connectivity index (χ0n) is 17.7. The van der Waals surface area contributed by atoms with Crippen LogP contribution in [-0.2, 0) is 20.7 Å². The quantitative estimate of drug-likeness (QED) is 0.444. The summed E-state index contributed by atoms with van der Waals surface area (Å²) in [7, 11) is 1.38. The molecule has 1 aliphatic carbocycles. The van der Waals surface area contributed by atoms with E-state index in [1.807, 2.05) is 31.2 Å². The second kappa shape index (κ2) is 7.85. The van der Waals surface area contributed by atoms with Crippen LogP contribution in [0.3, 0.4) is 0 Å². The largest absolute Gasteiger partial charge is 0.465 e. The van der Waals surface area contributed by atoms with Crippen LogP contribution < -0.4 is 4.74 Å². The Morgan fingerprint density at radius 2 is 1.97 bits per heavy atom. The number of hydrogen-bond acceptors (Lipinski definition) is 5. The Morgan fingerprint density at radius 1 is 1.16 bits per heavy atom. The van der Waals surface area contributed by atoms with Gasteiger partial charge in [-0.3, -0.25) is 4.79 Å². The molecule has 2 aromatic carbocycles. The molecule has 2 heterocycles. The molecule has 0 spiro atoms. The molecule has 31 heavy (non-hydrogen) atoms. The standard InChI is InChI=1S/C25H25NO5/c1-15-24(25(28)29-2)20-13-18(9-10-21(20)26(15)17-7-8-17)31-23(27)14-22-19-6-4-3-5-16(19)11-12-30-22/h3-6,9-10,13,17,22H,7-8,11-12,14H2,1-2H3. The fourth-order valence-electron chi connectivity index (χ4n) is 4.62. The maximum atomic E-state index is 12.7. The van der Waals surface area contributed by atoms with Gasteiger partial charge in [0.25, 0.3) is 0 Å². The van der Waals surface area contributed by atoms with Crippen LogP contribution in [0.1, 0.15) is 58.6 Å². The molecule has 1 atom stereocenters. The van der Waals surface area contributed by atoms with Gasteiger partial charge in [-0.1, -0.05) is 24.3 Å². The van der Waals surface area contributed by atoms with Gasteiger partial charge in [0, 0.05) is 22.6 Å². The lowest BCUT2D eigenvalue weighted by Gasteiger charge is -2.25. The topological polar surface area (TPSA) is 66.8 Å². The Labute approximate surface area is 180 Å². The van der Waals surface area contributed by atoms with Crippen LogP contribution in [0.5, 0.6) is 5.75 Å². The number of fused-ring (bicyclic) bond motifs is 2. The van der Waals surface area contributed by atoms with Crippen LogP contribution in [0.25, 0.3) is 10.9 Å². The molecule has 1 aliphatic heterocycles. The molecule has 1 aromatic heterocycles. The Hall–Kier alpha value is -3.12. The summed E-state index contributed by atoms with van der Waals surface area (Å²) < 4.78 is 18.7. The maximum Gasteiger partial charge on any atom is 0.340 e. The lowest BCUT2D eigenvalue weighted by Crippen LogP contribution is -2.21. The van der Waals surface area contributed by atoms with Crippen molar-refractivity contribution in [3.05, 3.63) is 64.8 Å². The third kappa shape index (κ3) is 3.61. The fourth-order valence-corrected chi connectivity index (χ4v) is 4.62. The van der Waals surface area contributed by atoms with Crippen LogP contribution in [0, 0.1) is 6.92 Å². The van der Waals surface area contributed by atoms with Crippen molar-refractivity contribution in [3.63, 3.8) is 0 Å². The first-order valence-corrected chi connectivity index (χ1v) is 10.7. The van der Waals surface area contributed by atoms with Gasteiger partial charge in [0.1, 0.15) is 5.75 Å². The summed E-state index contributed by atoms with van der Waals surface area (Å²) in [4.78, 5) is 25.2. The predicted molar refractivity (Wildman–Crippen MR) is 115 cm³/mol. The van der Waals surface area contributed by atoms with E-state index in [-0.39, 0.29) is 24.5 Å². The molecule has 1 saturated carbocycles. The second-order valence-corrected chi connectivity index (χ2v) is 8.22. The summed E-state index contributed by atoms with van der Waals surface area (Å²) >= 11 is 0. The maximum absolute atomic E-state index is 12.7. The third-order valence-electron chi connectivity index (χ3n) is 6.20. The van der Waals surface area contributed by atoms with Crippen molar-refractivity contribution in [3.8, 4) is 5.75 Å². The Balaban J connectivity index is 1.41. The normalized spacial score (nSPS) is 17.9. The summed E-state index contributed by atoms with van der Waals surface area (Å²) in [5.74, 6) is -0.323. The van der Waals surface area contributed by atoms with E-state index in [0.717, 1.165) is 41.4 Å². The van der Waals surface area contributed by atoms with Gasteiger partial charge in [-0.15, -0.1) is 0 Å². The number of methoxy groups -OCH3 is 1. The molecular weight excluding hydrogens is 394 g/mol. The number of ether oxygens (including phenoxy) is 3. The number of carbonyl (C=O) groups excluding carboxylic acids is 2. The zero-order chi connectivity index (χ0) is 21.5. The van der Waals surface area contributed by atoms with Gasteiger partial charge < -0.3 is 18.8 Å². The number of benzene rings is 2. The smallest absolute Gasteiger partial charge is 0.340 e. The fraction of sp³-hybridized carbons (Fsp3) is 0.360. The van der Waals surface area contributed by atoms with Gasteiger partial charge in [-0.05, 0) is 55.5 Å². The van der Waals surface area contributed by atoms with E-state index in [1.165, 1.54) is 12.7 Å². The number of carbonyl (C=O) groups is 2. The highest BCUT2D eigenvalue weighted by atomic mass is 16.5. The average molecular weight is 419 g/mol.